The second kappa shape index (κ2) is 9.25. The van der Waals surface area contributed by atoms with Crippen molar-refractivity contribution in [2.75, 3.05) is 18.4 Å². The molecule has 6 nitrogen and oxygen atoms in total. The molecule has 2 amide bonds. The smallest absolute Gasteiger partial charge is 0.291 e. The fourth-order valence-corrected chi connectivity index (χ4v) is 2.72. The molecule has 2 heterocycles. The summed E-state index contributed by atoms with van der Waals surface area (Å²) in [4.78, 5) is 24.0. The van der Waals surface area contributed by atoms with E-state index in [1.165, 1.54) is 6.26 Å². The van der Waals surface area contributed by atoms with E-state index < -0.39 is 0 Å². The third kappa shape index (κ3) is 5.34. The normalized spacial score (nSPS) is 16.6. The number of amides is 2. The second-order valence-electron chi connectivity index (χ2n) is 5.89. The molecule has 7 heteroatoms. The monoisotopic (exact) mass is 363 g/mol. The van der Waals surface area contributed by atoms with Crippen molar-refractivity contribution in [2.24, 2.45) is 5.92 Å². The topological polar surface area (TPSA) is 83.4 Å². The van der Waals surface area contributed by atoms with Crippen LogP contribution in [0.1, 0.15) is 29.0 Å². The van der Waals surface area contributed by atoms with Crippen LogP contribution in [0.15, 0.2) is 47.1 Å². The Kier molecular flexibility index (Phi) is 7.03. The van der Waals surface area contributed by atoms with E-state index in [9.17, 15) is 9.59 Å². The molecule has 3 N–H and O–H groups in total. The number of halogens is 1. The molecule has 1 fully saturated rings. The summed E-state index contributed by atoms with van der Waals surface area (Å²) in [6, 6.07) is 10.7. The average molecular weight is 364 g/mol. The van der Waals surface area contributed by atoms with Gasteiger partial charge in [0, 0.05) is 18.8 Å². The molecule has 0 aliphatic carbocycles. The van der Waals surface area contributed by atoms with E-state index in [0.717, 1.165) is 31.5 Å². The third-order valence-corrected chi connectivity index (χ3v) is 4.09. The van der Waals surface area contributed by atoms with Crippen LogP contribution < -0.4 is 16.0 Å². The lowest BCUT2D eigenvalue weighted by Crippen LogP contribution is -2.40. The molecule has 134 valence electrons. The van der Waals surface area contributed by atoms with Crippen molar-refractivity contribution >= 4 is 29.9 Å². The largest absolute Gasteiger partial charge is 0.459 e. The maximum Gasteiger partial charge on any atom is 0.291 e. The molecular formula is C18H22ClN3O3. The van der Waals surface area contributed by atoms with Crippen LogP contribution in [0.4, 0.5) is 5.69 Å². The highest BCUT2D eigenvalue weighted by atomic mass is 35.5. The van der Waals surface area contributed by atoms with Crippen molar-refractivity contribution in [1.82, 2.24) is 10.6 Å². The zero-order chi connectivity index (χ0) is 16.8. The van der Waals surface area contributed by atoms with Gasteiger partial charge in [0.15, 0.2) is 5.76 Å². The van der Waals surface area contributed by atoms with Gasteiger partial charge in [-0.1, -0.05) is 12.1 Å². The Morgan fingerprint density at radius 2 is 2.00 bits per heavy atom. The van der Waals surface area contributed by atoms with Gasteiger partial charge in [-0.25, -0.2) is 0 Å². The van der Waals surface area contributed by atoms with Crippen LogP contribution in [-0.2, 0) is 11.3 Å². The van der Waals surface area contributed by atoms with Crippen molar-refractivity contribution in [2.45, 2.75) is 19.4 Å². The predicted octanol–water partition coefficient (Wildman–Crippen LogP) is 2.57. The zero-order valence-corrected chi connectivity index (χ0v) is 14.6. The summed E-state index contributed by atoms with van der Waals surface area (Å²) in [6.07, 6.45) is 3.45. The number of carbonyl (C=O) groups is 2. The molecule has 1 aliphatic rings. The van der Waals surface area contributed by atoms with Crippen molar-refractivity contribution in [3.63, 3.8) is 0 Å². The van der Waals surface area contributed by atoms with Gasteiger partial charge in [0.05, 0.1) is 12.2 Å². The first kappa shape index (κ1) is 19.0. The number of benzene rings is 1. The minimum atomic E-state index is -0.286. The van der Waals surface area contributed by atoms with Gasteiger partial charge in [-0.3, -0.25) is 9.59 Å². The van der Waals surface area contributed by atoms with Crippen molar-refractivity contribution in [3.05, 3.63) is 54.0 Å². The Bertz CT molecular complexity index is 680. The van der Waals surface area contributed by atoms with E-state index in [1.807, 2.05) is 24.3 Å². The summed E-state index contributed by atoms with van der Waals surface area (Å²) in [6.45, 7) is 2.24. The molecule has 1 atom stereocenters. The summed E-state index contributed by atoms with van der Waals surface area (Å²) in [5.41, 5.74) is 1.67. The third-order valence-electron chi connectivity index (χ3n) is 4.09. The van der Waals surface area contributed by atoms with Crippen LogP contribution in [0.25, 0.3) is 0 Å². The van der Waals surface area contributed by atoms with Crippen LogP contribution in [0.2, 0.25) is 0 Å². The molecule has 1 aliphatic heterocycles. The predicted molar refractivity (Wildman–Crippen MR) is 97.8 cm³/mol. The lowest BCUT2D eigenvalue weighted by atomic mass is 9.99. The van der Waals surface area contributed by atoms with Gasteiger partial charge >= 0.3 is 0 Å². The minimum absolute atomic E-state index is 0. The van der Waals surface area contributed by atoms with Crippen molar-refractivity contribution < 1.29 is 14.0 Å². The molecule has 1 aromatic carbocycles. The number of nitrogens with one attached hydrogen (secondary N) is 3. The Morgan fingerprint density at radius 1 is 1.20 bits per heavy atom. The average Bonchev–Trinajstić information content (AvgIpc) is 3.16. The molecule has 0 spiro atoms. The first-order valence-corrected chi connectivity index (χ1v) is 8.14. The van der Waals surface area contributed by atoms with E-state index in [2.05, 4.69) is 16.0 Å². The van der Waals surface area contributed by atoms with Gasteiger partial charge in [-0.05, 0) is 49.2 Å². The summed E-state index contributed by atoms with van der Waals surface area (Å²) < 4.78 is 5.05. The number of carbonyl (C=O) groups excluding carboxylic acids is 2. The molecular weight excluding hydrogens is 342 g/mol. The molecule has 0 bridgehead atoms. The van der Waals surface area contributed by atoms with Gasteiger partial charge in [0.1, 0.15) is 0 Å². The number of rotatable bonds is 5. The quantitative estimate of drug-likeness (QED) is 0.762. The fraction of sp³-hybridized carbons (Fsp3) is 0.333. The number of hydrogen-bond donors (Lipinski definition) is 3. The van der Waals surface area contributed by atoms with Gasteiger partial charge < -0.3 is 20.4 Å². The molecule has 25 heavy (non-hydrogen) atoms. The summed E-state index contributed by atoms with van der Waals surface area (Å²) in [7, 11) is 0. The summed E-state index contributed by atoms with van der Waals surface area (Å²) >= 11 is 0. The molecule has 2 aromatic rings. The molecule has 0 radical (unpaired) electrons. The standard InChI is InChI=1S/C18H21N3O3.ClH/c22-17(14-3-1-9-19-12-14)20-11-13-5-7-15(8-6-13)21-18(23)16-4-2-10-24-16;/h2,4-8,10,14,19H,1,3,9,11-12H2,(H,20,22)(H,21,23);1H/t14-;/m1./s1. The van der Waals surface area contributed by atoms with Crippen LogP contribution in [-0.4, -0.2) is 24.9 Å². The highest BCUT2D eigenvalue weighted by molar-refractivity contribution is 6.02. The highest BCUT2D eigenvalue weighted by Gasteiger charge is 2.20. The SMILES string of the molecule is Cl.O=C(Nc1ccc(CNC(=O)[C@@H]2CCCNC2)cc1)c1ccco1. The Hall–Kier alpha value is -2.31. The minimum Gasteiger partial charge on any atom is -0.459 e. The summed E-state index contributed by atoms with van der Waals surface area (Å²) in [5.74, 6) is 0.140. The van der Waals surface area contributed by atoms with E-state index in [-0.39, 0.29) is 35.9 Å². The number of hydrogen-bond acceptors (Lipinski definition) is 4. The summed E-state index contributed by atoms with van der Waals surface area (Å²) in [5, 5.41) is 8.97. The van der Waals surface area contributed by atoms with Crippen LogP contribution in [0, 0.1) is 5.92 Å². The Labute approximate surface area is 152 Å². The zero-order valence-electron chi connectivity index (χ0n) is 13.8. The Morgan fingerprint density at radius 3 is 2.64 bits per heavy atom. The Balaban J connectivity index is 0.00000225. The van der Waals surface area contributed by atoms with Crippen LogP contribution in [0.3, 0.4) is 0 Å². The van der Waals surface area contributed by atoms with Gasteiger partial charge in [-0.15, -0.1) is 12.4 Å². The van der Waals surface area contributed by atoms with E-state index in [1.54, 1.807) is 12.1 Å². The van der Waals surface area contributed by atoms with Gasteiger partial charge in [0.25, 0.3) is 5.91 Å². The number of anilines is 1. The molecule has 0 saturated carbocycles. The van der Waals surface area contributed by atoms with E-state index >= 15 is 0 Å². The second-order valence-corrected chi connectivity index (χ2v) is 5.89. The molecule has 1 saturated heterocycles. The van der Waals surface area contributed by atoms with Crippen molar-refractivity contribution in [3.8, 4) is 0 Å². The maximum atomic E-state index is 12.1. The van der Waals surface area contributed by atoms with E-state index in [4.69, 9.17) is 4.42 Å². The van der Waals surface area contributed by atoms with Crippen LogP contribution >= 0.6 is 12.4 Å². The van der Waals surface area contributed by atoms with Gasteiger partial charge in [-0.2, -0.15) is 0 Å². The number of piperidine rings is 1. The lowest BCUT2D eigenvalue weighted by Gasteiger charge is -2.21. The first-order valence-electron chi connectivity index (χ1n) is 8.14. The van der Waals surface area contributed by atoms with Crippen LogP contribution in [0.5, 0.6) is 0 Å². The van der Waals surface area contributed by atoms with E-state index in [0.29, 0.717) is 12.2 Å². The van der Waals surface area contributed by atoms with Crippen molar-refractivity contribution in [1.29, 1.82) is 0 Å². The molecule has 0 unspecified atom stereocenters. The molecule has 1 aromatic heterocycles. The molecule has 3 rings (SSSR count). The first-order chi connectivity index (χ1) is 11.7. The maximum absolute atomic E-state index is 12.1. The van der Waals surface area contributed by atoms with Gasteiger partial charge in [0.2, 0.25) is 5.91 Å². The fourth-order valence-electron chi connectivity index (χ4n) is 2.72. The lowest BCUT2D eigenvalue weighted by molar-refractivity contribution is -0.125. The highest BCUT2D eigenvalue weighted by Crippen LogP contribution is 2.13. The number of furan rings is 1.